The maximum absolute atomic E-state index is 13.0. The van der Waals surface area contributed by atoms with Crippen molar-refractivity contribution >= 4 is 18.1 Å². The van der Waals surface area contributed by atoms with Crippen molar-refractivity contribution < 1.29 is 23.5 Å². The molecule has 146 valence electrons. The number of benzene rings is 2. The van der Waals surface area contributed by atoms with Crippen LogP contribution in [0.1, 0.15) is 26.3 Å². The largest absolute Gasteiger partial charge is 0.493 e. The molecular formula is C21H16FN3O4. The summed E-state index contributed by atoms with van der Waals surface area (Å²) in [6, 6.07) is 13.0. The molecule has 0 atom stereocenters. The fraction of sp³-hybridized carbons (Fsp3) is 0.0476. The van der Waals surface area contributed by atoms with Crippen molar-refractivity contribution in [2.45, 2.75) is 0 Å². The minimum absolute atomic E-state index is 0.193. The monoisotopic (exact) mass is 393 g/mol. The highest BCUT2D eigenvalue weighted by Gasteiger charge is 2.13. The van der Waals surface area contributed by atoms with Crippen LogP contribution >= 0.6 is 0 Å². The van der Waals surface area contributed by atoms with Gasteiger partial charge in [-0.1, -0.05) is 0 Å². The summed E-state index contributed by atoms with van der Waals surface area (Å²) in [5.74, 6) is -1.00. The number of hydrogen-bond acceptors (Lipinski definition) is 6. The molecule has 0 fully saturated rings. The Morgan fingerprint density at radius 2 is 1.86 bits per heavy atom. The number of carbonyl (C=O) groups excluding carboxylic acids is 2. The Kier molecular flexibility index (Phi) is 6.26. The summed E-state index contributed by atoms with van der Waals surface area (Å²) in [5, 5.41) is 3.89. The van der Waals surface area contributed by atoms with Crippen LogP contribution in [0.5, 0.6) is 11.5 Å². The van der Waals surface area contributed by atoms with Crippen molar-refractivity contribution in [1.82, 2.24) is 10.4 Å². The number of halogens is 1. The van der Waals surface area contributed by atoms with Crippen LogP contribution in [-0.2, 0) is 0 Å². The van der Waals surface area contributed by atoms with Crippen LogP contribution in [0.4, 0.5) is 4.39 Å². The second-order valence-electron chi connectivity index (χ2n) is 5.75. The Labute approximate surface area is 165 Å². The Balaban J connectivity index is 1.67. The molecule has 0 radical (unpaired) electrons. The van der Waals surface area contributed by atoms with Crippen LogP contribution < -0.4 is 14.9 Å². The lowest BCUT2D eigenvalue weighted by Crippen LogP contribution is -2.17. The zero-order valence-electron chi connectivity index (χ0n) is 15.3. The molecule has 8 heteroatoms. The van der Waals surface area contributed by atoms with E-state index in [2.05, 4.69) is 15.5 Å². The summed E-state index contributed by atoms with van der Waals surface area (Å²) in [4.78, 5) is 28.0. The molecule has 0 aliphatic rings. The number of amides is 1. The molecule has 0 unspecified atom stereocenters. The van der Waals surface area contributed by atoms with Gasteiger partial charge in [0.2, 0.25) is 0 Å². The number of ether oxygens (including phenoxy) is 2. The normalized spacial score (nSPS) is 10.6. The van der Waals surface area contributed by atoms with Gasteiger partial charge in [-0.05, 0) is 60.2 Å². The van der Waals surface area contributed by atoms with Crippen molar-refractivity contribution in [1.29, 1.82) is 0 Å². The summed E-state index contributed by atoms with van der Waals surface area (Å²) >= 11 is 0. The molecule has 1 aromatic heterocycles. The topological polar surface area (TPSA) is 89.9 Å². The summed E-state index contributed by atoms with van der Waals surface area (Å²) in [5.41, 5.74) is 3.58. The lowest BCUT2D eigenvalue weighted by Gasteiger charge is -2.10. The number of pyridine rings is 1. The van der Waals surface area contributed by atoms with Crippen LogP contribution in [0.2, 0.25) is 0 Å². The summed E-state index contributed by atoms with van der Waals surface area (Å²) < 4.78 is 23.5. The molecular weight excluding hydrogens is 377 g/mol. The van der Waals surface area contributed by atoms with E-state index in [0.29, 0.717) is 16.9 Å². The van der Waals surface area contributed by atoms with E-state index < -0.39 is 17.7 Å². The SMILES string of the molecule is COc1cc(/C=N/NC(=O)c2cccnc2)ccc1OC(=O)c1ccc(F)cc1. The number of aromatic nitrogens is 1. The van der Waals surface area contributed by atoms with E-state index in [0.717, 1.165) is 0 Å². The molecule has 0 aliphatic heterocycles. The second-order valence-corrected chi connectivity index (χ2v) is 5.75. The van der Waals surface area contributed by atoms with Gasteiger partial charge in [-0.2, -0.15) is 5.10 Å². The molecule has 0 bridgehead atoms. The van der Waals surface area contributed by atoms with Crippen LogP contribution in [0.3, 0.4) is 0 Å². The first-order chi connectivity index (χ1) is 14.1. The lowest BCUT2D eigenvalue weighted by atomic mass is 10.2. The Morgan fingerprint density at radius 1 is 1.07 bits per heavy atom. The van der Waals surface area contributed by atoms with E-state index in [9.17, 15) is 14.0 Å². The van der Waals surface area contributed by atoms with Gasteiger partial charge in [-0.15, -0.1) is 0 Å². The highest BCUT2D eigenvalue weighted by Crippen LogP contribution is 2.28. The predicted octanol–water partition coefficient (Wildman–Crippen LogP) is 3.21. The van der Waals surface area contributed by atoms with Gasteiger partial charge in [0.05, 0.1) is 24.5 Å². The van der Waals surface area contributed by atoms with Crippen molar-refractivity contribution in [3.8, 4) is 11.5 Å². The molecule has 0 saturated heterocycles. The number of rotatable bonds is 6. The number of nitrogens with one attached hydrogen (secondary N) is 1. The Bertz CT molecular complexity index is 1040. The number of esters is 1. The molecule has 7 nitrogen and oxygen atoms in total. The van der Waals surface area contributed by atoms with E-state index in [1.807, 2.05) is 0 Å². The summed E-state index contributed by atoms with van der Waals surface area (Å²) in [6.45, 7) is 0. The van der Waals surface area contributed by atoms with E-state index in [1.54, 1.807) is 30.5 Å². The molecule has 0 saturated carbocycles. The average Bonchev–Trinajstić information content (AvgIpc) is 2.75. The van der Waals surface area contributed by atoms with Crippen LogP contribution in [0, 0.1) is 5.82 Å². The van der Waals surface area contributed by atoms with E-state index in [4.69, 9.17) is 9.47 Å². The highest BCUT2D eigenvalue weighted by atomic mass is 19.1. The van der Waals surface area contributed by atoms with E-state index >= 15 is 0 Å². The molecule has 2 aromatic carbocycles. The molecule has 1 heterocycles. The maximum Gasteiger partial charge on any atom is 0.343 e. The first-order valence-corrected chi connectivity index (χ1v) is 8.46. The molecule has 29 heavy (non-hydrogen) atoms. The van der Waals surface area contributed by atoms with Gasteiger partial charge in [-0.3, -0.25) is 9.78 Å². The third kappa shape index (κ3) is 5.23. The van der Waals surface area contributed by atoms with E-state index in [-0.39, 0.29) is 11.3 Å². The number of methoxy groups -OCH3 is 1. The average molecular weight is 393 g/mol. The van der Waals surface area contributed by atoms with Crippen molar-refractivity contribution in [2.75, 3.05) is 7.11 Å². The van der Waals surface area contributed by atoms with Gasteiger partial charge >= 0.3 is 5.97 Å². The van der Waals surface area contributed by atoms with Crippen molar-refractivity contribution in [2.24, 2.45) is 5.10 Å². The lowest BCUT2D eigenvalue weighted by molar-refractivity contribution is 0.0729. The first-order valence-electron chi connectivity index (χ1n) is 8.46. The molecule has 1 N–H and O–H groups in total. The van der Waals surface area contributed by atoms with Gasteiger partial charge in [0.1, 0.15) is 5.82 Å². The third-order valence-electron chi connectivity index (χ3n) is 3.77. The van der Waals surface area contributed by atoms with Crippen molar-refractivity contribution in [3.05, 3.63) is 89.5 Å². The fourth-order valence-corrected chi connectivity index (χ4v) is 2.32. The summed E-state index contributed by atoms with van der Waals surface area (Å²) in [7, 11) is 1.43. The van der Waals surface area contributed by atoms with Crippen LogP contribution in [-0.4, -0.2) is 30.2 Å². The number of hydrazone groups is 1. The molecule has 3 aromatic rings. The Hall–Kier alpha value is -4.07. The molecule has 3 rings (SSSR count). The highest BCUT2D eigenvalue weighted by molar-refractivity contribution is 5.94. The van der Waals surface area contributed by atoms with Gasteiger partial charge < -0.3 is 9.47 Å². The van der Waals surface area contributed by atoms with Crippen LogP contribution in [0.25, 0.3) is 0 Å². The van der Waals surface area contributed by atoms with Gasteiger partial charge in [-0.25, -0.2) is 14.6 Å². The summed E-state index contributed by atoms with van der Waals surface area (Å²) in [6.07, 6.45) is 4.41. The predicted molar refractivity (Wildman–Crippen MR) is 104 cm³/mol. The van der Waals surface area contributed by atoms with Crippen molar-refractivity contribution in [3.63, 3.8) is 0 Å². The van der Waals surface area contributed by atoms with Gasteiger partial charge in [0, 0.05) is 12.4 Å². The first kappa shape index (κ1) is 19.7. The standard InChI is InChI=1S/C21H16FN3O4/c1-28-19-11-14(12-24-25-20(26)16-3-2-10-23-13-16)4-9-18(19)29-21(27)15-5-7-17(22)8-6-15/h2-13H,1H3,(H,25,26)/b24-12+. The molecule has 0 spiro atoms. The minimum Gasteiger partial charge on any atom is -0.493 e. The minimum atomic E-state index is -0.645. The zero-order chi connectivity index (χ0) is 20.6. The number of hydrogen-bond donors (Lipinski definition) is 1. The maximum atomic E-state index is 13.0. The zero-order valence-corrected chi connectivity index (χ0v) is 15.3. The third-order valence-corrected chi connectivity index (χ3v) is 3.77. The van der Waals surface area contributed by atoms with Gasteiger partial charge in [0.25, 0.3) is 5.91 Å². The Morgan fingerprint density at radius 3 is 2.55 bits per heavy atom. The van der Waals surface area contributed by atoms with E-state index in [1.165, 1.54) is 49.9 Å². The van der Waals surface area contributed by atoms with Gasteiger partial charge in [0.15, 0.2) is 11.5 Å². The quantitative estimate of drug-likeness (QED) is 0.301. The molecule has 0 aliphatic carbocycles. The molecule has 1 amide bonds. The second kappa shape index (κ2) is 9.23. The number of carbonyl (C=O) groups is 2. The van der Waals surface area contributed by atoms with Crippen LogP contribution in [0.15, 0.2) is 72.1 Å². The fourth-order valence-electron chi connectivity index (χ4n) is 2.32. The number of nitrogens with zero attached hydrogens (tertiary/aromatic N) is 2. The smallest absolute Gasteiger partial charge is 0.343 e.